The number of nitrogens with one attached hydrogen (secondary N) is 2. The van der Waals surface area contributed by atoms with Crippen LogP contribution < -0.4 is 10.6 Å². The Bertz CT molecular complexity index is 113. The van der Waals surface area contributed by atoms with Crippen molar-refractivity contribution in [1.29, 1.82) is 0 Å². The topological polar surface area (TPSA) is 61.4 Å². The standard InChI is InChI=1S/C4H8N2O2S/c7-4(8)6-3-1-9-2-5-3/h3,5-6H,1-2H2,(H,7,8). The summed E-state index contributed by atoms with van der Waals surface area (Å²) in [5.41, 5.74) is 0. The van der Waals surface area contributed by atoms with E-state index in [4.69, 9.17) is 5.11 Å². The normalized spacial score (nSPS) is 26.0. The minimum atomic E-state index is -0.963. The summed E-state index contributed by atoms with van der Waals surface area (Å²) in [6.45, 7) is 0. The van der Waals surface area contributed by atoms with E-state index in [0.717, 1.165) is 11.6 Å². The zero-order chi connectivity index (χ0) is 6.69. The first-order chi connectivity index (χ1) is 4.29. The van der Waals surface area contributed by atoms with Crippen LogP contribution in [0.25, 0.3) is 0 Å². The van der Waals surface area contributed by atoms with Crippen LogP contribution in [0.5, 0.6) is 0 Å². The molecule has 5 heteroatoms. The molecule has 0 saturated carbocycles. The van der Waals surface area contributed by atoms with E-state index in [1.54, 1.807) is 11.8 Å². The van der Waals surface area contributed by atoms with Gasteiger partial charge in [-0.2, -0.15) is 0 Å². The van der Waals surface area contributed by atoms with Crippen LogP contribution in [-0.2, 0) is 0 Å². The van der Waals surface area contributed by atoms with E-state index in [9.17, 15) is 4.79 Å². The van der Waals surface area contributed by atoms with E-state index in [1.165, 1.54) is 0 Å². The lowest BCUT2D eigenvalue weighted by Crippen LogP contribution is -2.42. The molecular weight excluding hydrogens is 140 g/mol. The van der Waals surface area contributed by atoms with Gasteiger partial charge in [0.2, 0.25) is 0 Å². The monoisotopic (exact) mass is 148 g/mol. The molecule has 0 aromatic heterocycles. The fraction of sp³-hybridized carbons (Fsp3) is 0.750. The van der Waals surface area contributed by atoms with Crippen molar-refractivity contribution in [1.82, 2.24) is 10.6 Å². The van der Waals surface area contributed by atoms with Gasteiger partial charge in [0.1, 0.15) is 0 Å². The van der Waals surface area contributed by atoms with E-state index in [0.29, 0.717) is 0 Å². The van der Waals surface area contributed by atoms with Gasteiger partial charge in [-0.05, 0) is 0 Å². The van der Waals surface area contributed by atoms with Crippen molar-refractivity contribution in [3.05, 3.63) is 0 Å². The Labute approximate surface area is 57.0 Å². The quantitative estimate of drug-likeness (QED) is 0.485. The van der Waals surface area contributed by atoms with Crippen molar-refractivity contribution in [3.8, 4) is 0 Å². The molecule has 1 unspecified atom stereocenters. The number of hydrogen-bond acceptors (Lipinski definition) is 3. The number of thioether (sulfide) groups is 1. The van der Waals surface area contributed by atoms with Crippen LogP contribution in [0, 0.1) is 0 Å². The fourth-order valence-corrected chi connectivity index (χ4v) is 1.51. The molecule has 3 N–H and O–H groups in total. The number of carbonyl (C=O) groups is 1. The van der Waals surface area contributed by atoms with Gasteiger partial charge >= 0.3 is 6.09 Å². The minimum absolute atomic E-state index is 0.0486. The molecule has 0 aromatic carbocycles. The molecule has 4 nitrogen and oxygen atoms in total. The van der Waals surface area contributed by atoms with Crippen molar-refractivity contribution in [2.24, 2.45) is 0 Å². The van der Waals surface area contributed by atoms with Gasteiger partial charge < -0.3 is 10.4 Å². The Hall–Kier alpha value is -0.420. The summed E-state index contributed by atoms with van der Waals surface area (Å²) >= 11 is 1.69. The van der Waals surface area contributed by atoms with Gasteiger partial charge in [0.15, 0.2) is 0 Å². The van der Waals surface area contributed by atoms with Gasteiger partial charge in [0.25, 0.3) is 0 Å². The number of amides is 1. The molecule has 1 rings (SSSR count). The number of rotatable bonds is 1. The second kappa shape index (κ2) is 2.93. The highest BCUT2D eigenvalue weighted by atomic mass is 32.2. The van der Waals surface area contributed by atoms with Crippen LogP contribution in [0.4, 0.5) is 4.79 Å². The van der Waals surface area contributed by atoms with Gasteiger partial charge in [-0.3, -0.25) is 5.32 Å². The summed E-state index contributed by atoms with van der Waals surface area (Å²) in [7, 11) is 0. The van der Waals surface area contributed by atoms with Crippen molar-refractivity contribution >= 4 is 17.9 Å². The predicted octanol–water partition coefficient (Wildman–Crippen LogP) is -0.126. The summed E-state index contributed by atoms with van der Waals surface area (Å²) in [5, 5.41) is 13.5. The predicted molar refractivity (Wildman–Crippen MR) is 35.4 cm³/mol. The van der Waals surface area contributed by atoms with Crippen LogP contribution >= 0.6 is 11.8 Å². The van der Waals surface area contributed by atoms with Crippen molar-refractivity contribution < 1.29 is 9.90 Å². The molecule has 0 radical (unpaired) electrons. The van der Waals surface area contributed by atoms with Gasteiger partial charge in [-0.15, -0.1) is 11.8 Å². The third-order valence-electron chi connectivity index (χ3n) is 1.01. The second-order valence-electron chi connectivity index (χ2n) is 1.72. The summed E-state index contributed by atoms with van der Waals surface area (Å²) in [6.07, 6.45) is -1.01. The summed E-state index contributed by atoms with van der Waals surface area (Å²) < 4.78 is 0. The Balaban J connectivity index is 2.19. The molecule has 52 valence electrons. The van der Waals surface area contributed by atoms with E-state index >= 15 is 0 Å². The van der Waals surface area contributed by atoms with E-state index in [2.05, 4.69) is 10.6 Å². The number of hydrogen-bond donors (Lipinski definition) is 3. The maximum absolute atomic E-state index is 9.99. The van der Waals surface area contributed by atoms with E-state index < -0.39 is 6.09 Å². The van der Waals surface area contributed by atoms with Crippen molar-refractivity contribution in [2.75, 3.05) is 11.6 Å². The molecule has 1 heterocycles. The molecule has 1 aliphatic rings. The fourth-order valence-electron chi connectivity index (χ4n) is 0.637. The average molecular weight is 148 g/mol. The molecule has 1 fully saturated rings. The number of carboxylic acid groups (broad SMARTS) is 1. The summed E-state index contributed by atoms with van der Waals surface area (Å²) in [4.78, 5) is 9.99. The van der Waals surface area contributed by atoms with Gasteiger partial charge in [0.05, 0.1) is 6.17 Å². The molecule has 9 heavy (non-hydrogen) atoms. The third kappa shape index (κ3) is 2.11. The second-order valence-corrected chi connectivity index (χ2v) is 2.75. The van der Waals surface area contributed by atoms with Crippen LogP contribution in [0.2, 0.25) is 0 Å². The Kier molecular flexibility index (Phi) is 2.18. The highest BCUT2D eigenvalue weighted by Crippen LogP contribution is 2.06. The molecule has 0 aromatic rings. The first-order valence-electron chi connectivity index (χ1n) is 2.59. The molecular formula is C4H8N2O2S. The summed E-state index contributed by atoms with van der Waals surface area (Å²) in [6, 6.07) is 0. The van der Waals surface area contributed by atoms with Crippen molar-refractivity contribution in [2.45, 2.75) is 6.17 Å². The lowest BCUT2D eigenvalue weighted by molar-refractivity contribution is 0.189. The maximum atomic E-state index is 9.99. The molecule has 1 amide bonds. The van der Waals surface area contributed by atoms with Crippen LogP contribution in [0.3, 0.4) is 0 Å². The maximum Gasteiger partial charge on any atom is 0.405 e. The largest absolute Gasteiger partial charge is 0.465 e. The minimum Gasteiger partial charge on any atom is -0.465 e. The molecule has 1 aliphatic heterocycles. The lowest BCUT2D eigenvalue weighted by atomic mass is 10.6. The molecule has 0 aliphatic carbocycles. The Morgan fingerprint density at radius 1 is 1.89 bits per heavy atom. The SMILES string of the molecule is O=C(O)NC1CSCN1. The zero-order valence-corrected chi connectivity index (χ0v) is 5.57. The third-order valence-corrected chi connectivity index (χ3v) is 1.95. The lowest BCUT2D eigenvalue weighted by Gasteiger charge is -2.06. The van der Waals surface area contributed by atoms with Crippen molar-refractivity contribution in [3.63, 3.8) is 0 Å². The smallest absolute Gasteiger partial charge is 0.405 e. The molecule has 1 saturated heterocycles. The highest BCUT2D eigenvalue weighted by Gasteiger charge is 2.14. The average Bonchev–Trinajstić information content (AvgIpc) is 2.15. The first-order valence-corrected chi connectivity index (χ1v) is 3.75. The first kappa shape index (κ1) is 6.70. The molecule has 0 spiro atoms. The van der Waals surface area contributed by atoms with E-state index in [1.807, 2.05) is 0 Å². The van der Waals surface area contributed by atoms with Crippen LogP contribution in [0.1, 0.15) is 0 Å². The molecule has 0 bridgehead atoms. The van der Waals surface area contributed by atoms with E-state index in [-0.39, 0.29) is 6.17 Å². The molecule has 1 atom stereocenters. The Morgan fingerprint density at radius 3 is 3.11 bits per heavy atom. The Morgan fingerprint density at radius 2 is 2.67 bits per heavy atom. The van der Waals surface area contributed by atoms with Crippen LogP contribution in [-0.4, -0.2) is 29.0 Å². The summed E-state index contributed by atoms with van der Waals surface area (Å²) in [5.74, 6) is 1.66. The van der Waals surface area contributed by atoms with Crippen LogP contribution in [0.15, 0.2) is 0 Å². The van der Waals surface area contributed by atoms with Gasteiger partial charge in [0, 0.05) is 11.6 Å². The zero-order valence-electron chi connectivity index (χ0n) is 4.76. The van der Waals surface area contributed by atoms with Gasteiger partial charge in [-0.25, -0.2) is 4.79 Å². The van der Waals surface area contributed by atoms with Gasteiger partial charge in [-0.1, -0.05) is 0 Å². The highest BCUT2D eigenvalue weighted by molar-refractivity contribution is 7.99.